The van der Waals surface area contributed by atoms with Crippen LogP contribution in [0.3, 0.4) is 0 Å². The standard InChI is InChI=1S/C12H15BrClFO/c13-10-5-6-12(11(15)9-10)16-8-4-2-1-3-7-14/h5-6,9H,1-4,7-8H2. The van der Waals surface area contributed by atoms with Crippen molar-refractivity contribution < 1.29 is 9.13 Å². The molecular formula is C12H15BrClFO. The number of ether oxygens (including phenoxy) is 1. The van der Waals surface area contributed by atoms with E-state index in [1.54, 1.807) is 12.1 Å². The van der Waals surface area contributed by atoms with E-state index in [0.717, 1.165) is 30.2 Å². The van der Waals surface area contributed by atoms with E-state index >= 15 is 0 Å². The van der Waals surface area contributed by atoms with Crippen molar-refractivity contribution in [1.29, 1.82) is 0 Å². The number of rotatable bonds is 7. The van der Waals surface area contributed by atoms with Crippen molar-refractivity contribution in [3.63, 3.8) is 0 Å². The summed E-state index contributed by atoms with van der Waals surface area (Å²) in [4.78, 5) is 0. The fourth-order valence-electron chi connectivity index (χ4n) is 1.32. The van der Waals surface area contributed by atoms with Crippen molar-refractivity contribution in [3.05, 3.63) is 28.5 Å². The molecule has 0 atom stereocenters. The van der Waals surface area contributed by atoms with Crippen molar-refractivity contribution in [2.45, 2.75) is 25.7 Å². The second-order valence-electron chi connectivity index (χ2n) is 3.53. The number of halogens is 3. The highest BCUT2D eigenvalue weighted by atomic mass is 79.9. The number of alkyl halides is 1. The molecule has 0 bridgehead atoms. The van der Waals surface area contributed by atoms with Crippen molar-refractivity contribution in [2.75, 3.05) is 12.5 Å². The molecule has 0 saturated carbocycles. The first-order chi connectivity index (χ1) is 7.74. The summed E-state index contributed by atoms with van der Waals surface area (Å²) >= 11 is 8.76. The van der Waals surface area contributed by atoms with Crippen LogP contribution in [0.2, 0.25) is 0 Å². The molecule has 0 saturated heterocycles. The predicted molar refractivity (Wildman–Crippen MR) is 68.8 cm³/mol. The van der Waals surface area contributed by atoms with Crippen LogP contribution in [0.25, 0.3) is 0 Å². The van der Waals surface area contributed by atoms with Crippen molar-refractivity contribution in [1.82, 2.24) is 0 Å². The molecule has 90 valence electrons. The first-order valence-corrected chi connectivity index (χ1v) is 6.70. The Balaban J connectivity index is 2.21. The largest absolute Gasteiger partial charge is 0.491 e. The monoisotopic (exact) mass is 308 g/mol. The minimum atomic E-state index is -0.324. The average Bonchev–Trinajstić information content (AvgIpc) is 2.26. The smallest absolute Gasteiger partial charge is 0.166 e. The molecule has 0 aromatic heterocycles. The average molecular weight is 310 g/mol. The normalized spacial score (nSPS) is 10.4. The molecule has 4 heteroatoms. The Morgan fingerprint density at radius 2 is 1.94 bits per heavy atom. The molecule has 16 heavy (non-hydrogen) atoms. The van der Waals surface area contributed by atoms with Crippen LogP contribution in [0.5, 0.6) is 5.75 Å². The van der Waals surface area contributed by atoms with Gasteiger partial charge in [0.25, 0.3) is 0 Å². The van der Waals surface area contributed by atoms with Crippen LogP contribution >= 0.6 is 27.5 Å². The molecule has 0 aliphatic rings. The van der Waals surface area contributed by atoms with Gasteiger partial charge in [-0.2, -0.15) is 0 Å². The Morgan fingerprint density at radius 3 is 2.62 bits per heavy atom. The molecule has 0 aliphatic carbocycles. The third-order valence-electron chi connectivity index (χ3n) is 2.18. The molecule has 0 fully saturated rings. The fraction of sp³-hybridized carbons (Fsp3) is 0.500. The minimum Gasteiger partial charge on any atom is -0.491 e. The topological polar surface area (TPSA) is 9.23 Å². The highest BCUT2D eigenvalue weighted by Crippen LogP contribution is 2.21. The Bertz CT molecular complexity index is 320. The van der Waals surface area contributed by atoms with Crippen molar-refractivity contribution in [2.24, 2.45) is 0 Å². The Morgan fingerprint density at radius 1 is 1.19 bits per heavy atom. The molecule has 0 spiro atoms. The van der Waals surface area contributed by atoms with E-state index in [2.05, 4.69) is 15.9 Å². The third-order valence-corrected chi connectivity index (χ3v) is 2.94. The summed E-state index contributed by atoms with van der Waals surface area (Å²) < 4.78 is 19.4. The minimum absolute atomic E-state index is 0.320. The highest BCUT2D eigenvalue weighted by Gasteiger charge is 2.03. The summed E-state index contributed by atoms with van der Waals surface area (Å²) in [5, 5.41) is 0. The maximum absolute atomic E-state index is 13.3. The van der Waals surface area contributed by atoms with Gasteiger partial charge in [-0.05, 0) is 31.0 Å². The number of hydrogen-bond donors (Lipinski definition) is 0. The molecule has 1 nitrogen and oxygen atoms in total. The zero-order valence-corrected chi connectivity index (χ0v) is 11.4. The third kappa shape index (κ3) is 5.17. The van der Waals surface area contributed by atoms with Crippen LogP contribution in [-0.4, -0.2) is 12.5 Å². The van der Waals surface area contributed by atoms with Crippen LogP contribution in [0, 0.1) is 5.82 Å². The summed E-state index contributed by atoms with van der Waals surface area (Å²) in [5.41, 5.74) is 0. The molecule has 1 aromatic rings. The molecule has 0 amide bonds. The predicted octanol–water partition coefficient (Wildman–Crippen LogP) is 4.77. The zero-order chi connectivity index (χ0) is 11.8. The van der Waals surface area contributed by atoms with Gasteiger partial charge in [0.15, 0.2) is 11.6 Å². The number of benzene rings is 1. The summed E-state index contributed by atoms with van der Waals surface area (Å²) in [7, 11) is 0. The summed E-state index contributed by atoms with van der Waals surface area (Å²) in [5.74, 6) is 0.707. The Hall–Kier alpha value is -0.280. The van der Waals surface area contributed by atoms with Gasteiger partial charge in [0.1, 0.15) is 0 Å². The van der Waals surface area contributed by atoms with Crippen LogP contribution in [0.15, 0.2) is 22.7 Å². The van der Waals surface area contributed by atoms with Gasteiger partial charge in [0.05, 0.1) is 6.61 Å². The SMILES string of the molecule is Fc1cc(Br)ccc1OCCCCCCCl. The van der Waals surface area contributed by atoms with Gasteiger partial charge in [0.2, 0.25) is 0 Å². The van der Waals surface area contributed by atoms with E-state index in [4.69, 9.17) is 16.3 Å². The lowest BCUT2D eigenvalue weighted by Crippen LogP contribution is -1.99. The summed E-state index contributed by atoms with van der Waals surface area (Å²) in [6.07, 6.45) is 4.15. The van der Waals surface area contributed by atoms with Gasteiger partial charge in [-0.25, -0.2) is 4.39 Å². The summed E-state index contributed by atoms with van der Waals surface area (Å²) in [6, 6.07) is 4.81. The van der Waals surface area contributed by atoms with Gasteiger partial charge < -0.3 is 4.74 Å². The summed E-state index contributed by atoms with van der Waals surface area (Å²) in [6.45, 7) is 0.556. The quantitative estimate of drug-likeness (QED) is 0.521. The van der Waals surface area contributed by atoms with Crippen LogP contribution < -0.4 is 4.74 Å². The fourth-order valence-corrected chi connectivity index (χ4v) is 1.85. The molecule has 1 rings (SSSR count). The van der Waals surface area contributed by atoms with Crippen molar-refractivity contribution in [3.8, 4) is 5.75 Å². The lowest BCUT2D eigenvalue weighted by atomic mass is 10.2. The zero-order valence-electron chi connectivity index (χ0n) is 9.02. The van der Waals surface area contributed by atoms with E-state index in [1.165, 1.54) is 6.07 Å². The van der Waals surface area contributed by atoms with E-state index in [0.29, 0.717) is 18.2 Å². The van der Waals surface area contributed by atoms with E-state index in [9.17, 15) is 4.39 Å². The maximum Gasteiger partial charge on any atom is 0.166 e. The second kappa shape index (κ2) is 7.91. The first-order valence-electron chi connectivity index (χ1n) is 5.38. The lowest BCUT2D eigenvalue weighted by Gasteiger charge is -2.07. The van der Waals surface area contributed by atoms with Crippen LogP contribution in [-0.2, 0) is 0 Å². The highest BCUT2D eigenvalue weighted by molar-refractivity contribution is 9.10. The van der Waals surface area contributed by atoms with Gasteiger partial charge in [-0.3, -0.25) is 0 Å². The van der Waals surface area contributed by atoms with E-state index in [-0.39, 0.29) is 5.82 Å². The van der Waals surface area contributed by atoms with Gasteiger partial charge in [-0.15, -0.1) is 11.6 Å². The first kappa shape index (κ1) is 13.8. The molecule has 0 radical (unpaired) electrons. The van der Waals surface area contributed by atoms with Crippen molar-refractivity contribution >= 4 is 27.5 Å². The van der Waals surface area contributed by atoms with E-state index in [1.807, 2.05) is 0 Å². The molecular weight excluding hydrogens is 294 g/mol. The maximum atomic E-state index is 13.3. The molecule has 1 aromatic carbocycles. The van der Waals surface area contributed by atoms with Crippen LogP contribution in [0.4, 0.5) is 4.39 Å². The Labute approximate surface area is 109 Å². The lowest BCUT2D eigenvalue weighted by molar-refractivity contribution is 0.290. The number of hydrogen-bond acceptors (Lipinski definition) is 1. The van der Waals surface area contributed by atoms with Gasteiger partial charge in [0, 0.05) is 10.4 Å². The van der Waals surface area contributed by atoms with Gasteiger partial charge >= 0.3 is 0 Å². The van der Waals surface area contributed by atoms with Crippen LogP contribution in [0.1, 0.15) is 25.7 Å². The second-order valence-corrected chi connectivity index (χ2v) is 4.82. The van der Waals surface area contributed by atoms with Gasteiger partial charge in [-0.1, -0.05) is 28.8 Å². The number of unbranched alkanes of at least 4 members (excludes halogenated alkanes) is 3. The Kier molecular flexibility index (Phi) is 6.81. The van der Waals surface area contributed by atoms with E-state index < -0.39 is 0 Å². The molecule has 0 heterocycles. The molecule has 0 N–H and O–H groups in total. The molecule has 0 unspecified atom stereocenters. The molecule has 0 aliphatic heterocycles.